The molecule has 0 bridgehead atoms. The second-order valence-corrected chi connectivity index (χ2v) is 5.20. The van der Waals surface area contributed by atoms with Crippen LogP contribution in [0.2, 0.25) is 0 Å². The molecule has 106 valence electrons. The molecule has 0 amide bonds. The van der Waals surface area contributed by atoms with Crippen molar-refractivity contribution in [2.45, 2.75) is 71.5 Å². The summed E-state index contributed by atoms with van der Waals surface area (Å²) in [4.78, 5) is 21.7. The Morgan fingerprint density at radius 2 is 1.83 bits per heavy atom. The summed E-state index contributed by atoms with van der Waals surface area (Å²) in [6, 6.07) is 0. The minimum absolute atomic E-state index is 0.00793. The maximum Gasteiger partial charge on any atom is 0.308 e. The number of hydrogen-bond donors (Lipinski definition) is 0. The normalized spacial score (nSPS) is 18.4. The fourth-order valence-corrected chi connectivity index (χ4v) is 1.86. The molecule has 1 unspecified atom stereocenters. The zero-order chi connectivity index (χ0) is 13.4. The Bertz CT molecular complexity index is 248. The number of hydrogen-bond acceptors (Lipinski definition) is 4. The van der Waals surface area contributed by atoms with Crippen LogP contribution >= 0.6 is 0 Å². The van der Waals surface area contributed by atoms with Gasteiger partial charge in [-0.25, -0.2) is 0 Å². The third kappa shape index (κ3) is 5.83. The van der Waals surface area contributed by atoms with Crippen LogP contribution in [0.15, 0.2) is 0 Å². The first-order valence-electron chi connectivity index (χ1n) is 7.14. The highest BCUT2D eigenvalue weighted by atomic mass is 17.4. The van der Waals surface area contributed by atoms with Crippen molar-refractivity contribution >= 4 is 5.97 Å². The van der Waals surface area contributed by atoms with Gasteiger partial charge in [-0.3, -0.25) is 4.79 Å². The number of carbonyl (C=O) groups is 1. The Labute approximate surface area is 110 Å². The van der Waals surface area contributed by atoms with E-state index in [1.54, 1.807) is 0 Å². The predicted molar refractivity (Wildman–Crippen MR) is 68.7 cm³/mol. The van der Waals surface area contributed by atoms with Crippen molar-refractivity contribution in [2.75, 3.05) is 6.61 Å². The van der Waals surface area contributed by atoms with Crippen LogP contribution in [-0.4, -0.2) is 18.4 Å². The Hall–Kier alpha value is -0.610. The van der Waals surface area contributed by atoms with E-state index in [-0.39, 0.29) is 11.9 Å². The maximum absolute atomic E-state index is 12.0. The summed E-state index contributed by atoms with van der Waals surface area (Å²) >= 11 is 0. The molecule has 0 aromatic rings. The molecule has 0 aromatic carbocycles. The molecule has 18 heavy (non-hydrogen) atoms. The Kier molecular flexibility index (Phi) is 6.65. The lowest BCUT2D eigenvalue weighted by atomic mass is 9.95. The Morgan fingerprint density at radius 1 is 1.17 bits per heavy atom. The quantitative estimate of drug-likeness (QED) is 0.260. The van der Waals surface area contributed by atoms with Gasteiger partial charge in [0, 0.05) is 6.42 Å². The van der Waals surface area contributed by atoms with Gasteiger partial charge in [0.05, 0.1) is 12.5 Å². The highest BCUT2D eigenvalue weighted by Gasteiger charge is 2.43. The minimum Gasteiger partial charge on any atom is -0.465 e. The summed E-state index contributed by atoms with van der Waals surface area (Å²) in [5.41, 5.74) is 0. The van der Waals surface area contributed by atoms with Crippen LogP contribution in [0.1, 0.15) is 65.7 Å². The molecule has 4 nitrogen and oxygen atoms in total. The molecular formula is C14H26O4. The third-order valence-corrected chi connectivity index (χ3v) is 3.30. The summed E-state index contributed by atoms with van der Waals surface area (Å²) in [5.74, 6) is -0.513. The molecule has 1 atom stereocenters. The van der Waals surface area contributed by atoms with Gasteiger partial charge >= 0.3 is 5.97 Å². The smallest absolute Gasteiger partial charge is 0.308 e. The lowest BCUT2D eigenvalue weighted by Gasteiger charge is -2.15. The summed E-state index contributed by atoms with van der Waals surface area (Å²) in [6.07, 6.45) is 6.58. The highest BCUT2D eigenvalue weighted by molar-refractivity contribution is 5.72. The van der Waals surface area contributed by atoms with Crippen molar-refractivity contribution in [1.29, 1.82) is 0 Å². The van der Waals surface area contributed by atoms with Gasteiger partial charge in [-0.1, -0.05) is 33.1 Å². The topological polar surface area (TPSA) is 51.4 Å². The molecule has 0 aromatic heterocycles. The number of carbonyl (C=O) groups excluding carboxylic acids is 1. The van der Waals surface area contributed by atoms with Gasteiger partial charge in [0.2, 0.25) is 5.79 Å². The van der Waals surface area contributed by atoms with Gasteiger partial charge in [0.15, 0.2) is 0 Å². The lowest BCUT2D eigenvalue weighted by molar-refractivity contribution is -0.149. The molecule has 1 heterocycles. The van der Waals surface area contributed by atoms with Crippen LogP contribution in [0, 0.1) is 5.92 Å². The molecule has 0 radical (unpaired) electrons. The molecule has 0 spiro atoms. The second-order valence-electron chi connectivity index (χ2n) is 5.20. The zero-order valence-corrected chi connectivity index (χ0v) is 11.9. The molecule has 1 saturated heterocycles. The largest absolute Gasteiger partial charge is 0.465 e. The molecule has 1 fully saturated rings. The van der Waals surface area contributed by atoms with E-state index in [1.807, 2.05) is 6.92 Å². The molecule has 1 aliphatic heterocycles. The van der Waals surface area contributed by atoms with Crippen molar-refractivity contribution in [1.82, 2.24) is 0 Å². The van der Waals surface area contributed by atoms with E-state index in [1.165, 1.54) is 0 Å². The summed E-state index contributed by atoms with van der Waals surface area (Å²) in [5, 5.41) is 0. The van der Waals surface area contributed by atoms with Crippen LogP contribution in [0.25, 0.3) is 0 Å². The first-order valence-corrected chi connectivity index (χ1v) is 7.14. The van der Waals surface area contributed by atoms with Crippen molar-refractivity contribution < 1.29 is 19.3 Å². The van der Waals surface area contributed by atoms with Gasteiger partial charge in [-0.05, 0) is 26.2 Å². The summed E-state index contributed by atoms with van der Waals surface area (Å²) < 4.78 is 5.31. The molecule has 0 saturated carbocycles. The first-order chi connectivity index (χ1) is 8.61. The van der Waals surface area contributed by atoms with E-state index in [0.29, 0.717) is 6.61 Å². The third-order valence-electron chi connectivity index (χ3n) is 3.30. The average Bonchev–Trinajstić information content (AvgIpc) is 3.08. The van der Waals surface area contributed by atoms with Crippen molar-refractivity contribution in [3.05, 3.63) is 0 Å². The maximum atomic E-state index is 12.0. The molecule has 0 aliphatic carbocycles. The number of rotatable bonds is 10. The predicted octanol–water partition coefficient (Wildman–Crippen LogP) is 3.59. The summed E-state index contributed by atoms with van der Waals surface area (Å²) in [7, 11) is 0. The minimum atomic E-state index is -0.450. The fraction of sp³-hybridized carbons (Fsp3) is 0.929. The second kappa shape index (κ2) is 7.74. The number of unbranched alkanes of at least 4 members (excludes halogenated alkanes) is 2. The highest BCUT2D eigenvalue weighted by Crippen LogP contribution is 2.35. The van der Waals surface area contributed by atoms with Crippen molar-refractivity contribution in [3.8, 4) is 0 Å². The monoisotopic (exact) mass is 258 g/mol. The molecular weight excluding hydrogens is 232 g/mol. The molecule has 0 N–H and O–H groups in total. The van der Waals surface area contributed by atoms with Crippen LogP contribution in [0.5, 0.6) is 0 Å². The van der Waals surface area contributed by atoms with Crippen LogP contribution in [0.4, 0.5) is 0 Å². The Balaban J connectivity index is 2.30. The van der Waals surface area contributed by atoms with E-state index in [0.717, 1.165) is 44.9 Å². The molecule has 1 aliphatic rings. The van der Waals surface area contributed by atoms with Crippen LogP contribution in [0.3, 0.4) is 0 Å². The van der Waals surface area contributed by atoms with Gasteiger partial charge in [-0.15, -0.1) is 0 Å². The van der Waals surface area contributed by atoms with E-state index in [2.05, 4.69) is 13.8 Å². The average molecular weight is 258 g/mol. The molecule has 1 rings (SSSR count). The lowest BCUT2D eigenvalue weighted by Crippen LogP contribution is -2.20. The van der Waals surface area contributed by atoms with Gasteiger partial charge < -0.3 is 4.74 Å². The number of ether oxygens (including phenoxy) is 1. The van der Waals surface area contributed by atoms with Crippen molar-refractivity contribution in [2.24, 2.45) is 5.92 Å². The van der Waals surface area contributed by atoms with Gasteiger partial charge in [0.25, 0.3) is 0 Å². The van der Waals surface area contributed by atoms with Crippen LogP contribution < -0.4 is 0 Å². The van der Waals surface area contributed by atoms with E-state index in [9.17, 15) is 4.79 Å². The SMILES string of the molecule is CCCCOC(=O)C(CCCC)CCC1(C)OO1. The first kappa shape index (κ1) is 15.4. The van der Waals surface area contributed by atoms with Gasteiger partial charge in [0.1, 0.15) is 0 Å². The van der Waals surface area contributed by atoms with E-state index >= 15 is 0 Å². The fourth-order valence-electron chi connectivity index (χ4n) is 1.86. The van der Waals surface area contributed by atoms with Crippen LogP contribution in [-0.2, 0) is 19.3 Å². The van der Waals surface area contributed by atoms with E-state index < -0.39 is 5.79 Å². The molecule has 4 heteroatoms. The van der Waals surface area contributed by atoms with E-state index in [4.69, 9.17) is 14.5 Å². The number of esters is 1. The zero-order valence-electron chi connectivity index (χ0n) is 11.9. The summed E-state index contributed by atoms with van der Waals surface area (Å²) in [6.45, 7) is 6.66. The van der Waals surface area contributed by atoms with Gasteiger partial charge in [-0.2, -0.15) is 9.78 Å². The van der Waals surface area contributed by atoms with Crippen molar-refractivity contribution in [3.63, 3.8) is 0 Å². The Morgan fingerprint density at radius 3 is 2.39 bits per heavy atom. The standard InChI is InChI=1S/C14H26O4/c1-4-6-8-12(9-10-14(3)17-18-14)13(15)16-11-7-5-2/h12H,4-11H2,1-3H3.